The molecule has 8 nitrogen and oxygen atoms in total. The minimum atomic E-state index is -3.60. The van der Waals surface area contributed by atoms with Crippen LogP contribution in [-0.4, -0.2) is 42.0 Å². The van der Waals surface area contributed by atoms with E-state index in [1.807, 2.05) is 30.3 Å². The zero-order valence-electron chi connectivity index (χ0n) is 15.5. The van der Waals surface area contributed by atoms with E-state index in [0.29, 0.717) is 19.0 Å². The van der Waals surface area contributed by atoms with Gasteiger partial charge in [0.05, 0.1) is 10.5 Å². The van der Waals surface area contributed by atoms with Gasteiger partial charge in [0, 0.05) is 18.7 Å². The van der Waals surface area contributed by atoms with E-state index in [2.05, 4.69) is 10.2 Å². The summed E-state index contributed by atoms with van der Waals surface area (Å²) in [6, 6.07) is 15.1. The van der Waals surface area contributed by atoms with Crippen molar-refractivity contribution in [1.29, 1.82) is 0 Å². The maximum absolute atomic E-state index is 12.7. The van der Waals surface area contributed by atoms with Crippen LogP contribution in [0.25, 0.3) is 11.5 Å². The molecule has 0 radical (unpaired) electrons. The fourth-order valence-corrected chi connectivity index (χ4v) is 4.64. The Morgan fingerprint density at radius 1 is 1.03 bits per heavy atom. The largest absolute Gasteiger partial charge is 0.452 e. The summed E-state index contributed by atoms with van der Waals surface area (Å²) in [5, 5.41) is 7.81. The van der Waals surface area contributed by atoms with Crippen LogP contribution in [0.4, 0.5) is 0 Å². The first-order valence-corrected chi connectivity index (χ1v) is 10.6. The highest BCUT2D eigenvalue weighted by molar-refractivity contribution is 7.89. The van der Waals surface area contributed by atoms with Crippen LogP contribution in [-0.2, 0) is 21.4 Å². The maximum atomic E-state index is 12.7. The van der Waals surface area contributed by atoms with E-state index in [1.165, 1.54) is 28.6 Å². The lowest BCUT2D eigenvalue weighted by Gasteiger charge is -2.15. The van der Waals surface area contributed by atoms with Gasteiger partial charge in [-0.2, -0.15) is 4.31 Å². The van der Waals surface area contributed by atoms with E-state index in [1.54, 1.807) is 0 Å². The van der Waals surface area contributed by atoms with Gasteiger partial charge in [0.15, 0.2) is 6.61 Å². The Kier molecular flexibility index (Phi) is 5.41. The Morgan fingerprint density at radius 2 is 1.79 bits per heavy atom. The molecule has 4 rings (SSSR count). The van der Waals surface area contributed by atoms with E-state index in [0.717, 1.165) is 18.4 Å². The lowest BCUT2D eigenvalue weighted by atomic mass is 10.2. The van der Waals surface area contributed by atoms with Crippen molar-refractivity contribution >= 4 is 16.0 Å². The third kappa shape index (κ3) is 4.20. The van der Waals surface area contributed by atoms with Crippen LogP contribution >= 0.6 is 0 Å². The number of aromatic nitrogens is 2. The zero-order valence-corrected chi connectivity index (χ0v) is 16.3. The molecule has 0 amide bonds. The zero-order chi connectivity index (χ0) is 20.3. The number of hydrogen-bond donors (Lipinski definition) is 0. The minimum Gasteiger partial charge on any atom is -0.452 e. The monoisotopic (exact) mass is 413 g/mol. The van der Waals surface area contributed by atoms with Gasteiger partial charge in [0.2, 0.25) is 15.9 Å². The fraction of sp³-hybridized carbons (Fsp3) is 0.250. The summed E-state index contributed by atoms with van der Waals surface area (Å²) in [6.07, 6.45) is 1.69. The number of benzene rings is 2. The first-order chi connectivity index (χ1) is 14.0. The summed E-state index contributed by atoms with van der Waals surface area (Å²) in [6.45, 7) is 0.789. The second kappa shape index (κ2) is 8.14. The molecule has 0 spiro atoms. The number of esters is 1. The highest BCUT2D eigenvalue weighted by Gasteiger charge is 2.27. The molecule has 0 bridgehead atoms. The standard InChI is InChI=1S/C20H19N3O5S/c24-20(27-14-18-21-22-19(28-18)15-7-2-1-3-8-15)16-9-6-10-17(13-16)29(25,26)23-11-4-5-12-23/h1-3,6-10,13H,4-5,11-12,14H2. The molecule has 0 saturated carbocycles. The molecule has 9 heteroatoms. The second-order valence-corrected chi connectivity index (χ2v) is 8.52. The molecule has 29 heavy (non-hydrogen) atoms. The smallest absolute Gasteiger partial charge is 0.338 e. The predicted molar refractivity (Wildman–Crippen MR) is 103 cm³/mol. The summed E-state index contributed by atoms with van der Waals surface area (Å²) >= 11 is 0. The average molecular weight is 413 g/mol. The van der Waals surface area contributed by atoms with Crippen LogP contribution in [0.5, 0.6) is 0 Å². The Labute approximate surface area is 168 Å². The first-order valence-electron chi connectivity index (χ1n) is 9.19. The number of ether oxygens (including phenoxy) is 1. The summed E-state index contributed by atoms with van der Waals surface area (Å²) in [5.41, 5.74) is 0.908. The van der Waals surface area contributed by atoms with E-state index < -0.39 is 16.0 Å². The molecule has 0 unspecified atom stereocenters. The normalized spacial score (nSPS) is 14.8. The van der Waals surface area contributed by atoms with Crippen molar-refractivity contribution in [3.8, 4) is 11.5 Å². The van der Waals surface area contributed by atoms with Gasteiger partial charge < -0.3 is 9.15 Å². The number of sulfonamides is 1. The van der Waals surface area contributed by atoms with Crippen LogP contribution in [0.2, 0.25) is 0 Å². The number of carbonyl (C=O) groups is 1. The Balaban J connectivity index is 1.44. The van der Waals surface area contributed by atoms with Crippen LogP contribution in [0, 0.1) is 0 Å². The topological polar surface area (TPSA) is 103 Å². The average Bonchev–Trinajstić information content (AvgIpc) is 3.45. The molecular formula is C20H19N3O5S. The summed E-state index contributed by atoms with van der Waals surface area (Å²) in [7, 11) is -3.60. The SMILES string of the molecule is O=C(OCc1nnc(-c2ccccc2)o1)c1cccc(S(=O)(=O)N2CCCC2)c1. The molecule has 0 aliphatic carbocycles. The Morgan fingerprint density at radius 3 is 2.55 bits per heavy atom. The lowest BCUT2D eigenvalue weighted by Crippen LogP contribution is -2.28. The molecule has 1 saturated heterocycles. The van der Waals surface area contributed by atoms with Crippen LogP contribution < -0.4 is 0 Å². The van der Waals surface area contributed by atoms with Crippen LogP contribution in [0.3, 0.4) is 0 Å². The molecule has 0 N–H and O–H groups in total. The maximum Gasteiger partial charge on any atom is 0.338 e. The van der Waals surface area contributed by atoms with E-state index in [9.17, 15) is 13.2 Å². The predicted octanol–water partition coefficient (Wildman–Crippen LogP) is 2.88. The highest BCUT2D eigenvalue weighted by atomic mass is 32.2. The molecule has 1 fully saturated rings. The van der Waals surface area contributed by atoms with Crippen molar-refractivity contribution in [2.24, 2.45) is 0 Å². The van der Waals surface area contributed by atoms with Gasteiger partial charge in [-0.1, -0.05) is 24.3 Å². The molecule has 0 atom stereocenters. The van der Waals surface area contributed by atoms with Gasteiger partial charge in [-0.3, -0.25) is 0 Å². The number of rotatable bonds is 6. The number of nitrogens with zero attached hydrogens (tertiary/aromatic N) is 3. The first kappa shape index (κ1) is 19.3. The summed E-state index contributed by atoms with van der Waals surface area (Å²) < 4.78 is 37.5. The summed E-state index contributed by atoms with van der Waals surface area (Å²) in [4.78, 5) is 12.5. The van der Waals surface area contributed by atoms with E-state index in [4.69, 9.17) is 9.15 Å². The van der Waals surface area contributed by atoms with E-state index >= 15 is 0 Å². The Bertz CT molecular complexity index is 1110. The molecule has 2 heterocycles. The van der Waals surface area contributed by atoms with Crippen LogP contribution in [0.15, 0.2) is 63.9 Å². The van der Waals surface area contributed by atoms with Gasteiger partial charge in [0.25, 0.3) is 5.89 Å². The molecule has 150 valence electrons. The van der Waals surface area contributed by atoms with Gasteiger partial charge >= 0.3 is 5.97 Å². The highest BCUT2D eigenvalue weighted by Crippen LogP contribution is 2.22. The molecule has 1 aliphatic heterocycles. The van der Waals surface area contributed by atoms with Crippen molar-refractivity contribution < 1.29 is 22.4 Å². The molecular weight excluding hydrogens is 394 g/mol. The van der Waals surface area contributed by atoms with Crippen LogP contribution in [0.1, 0.15) is 29.1 Å². The van der Waals surface area contributed by atoms with Crippen molar-refractivity contribution in [2.75, 3.05) is 13.1 Å². The van der Waals surface area contributed by atoms with Crippen molar-refractivity contribution in [3.63, 3.8) is 0 Å². The molecule has 1 aromatic heterocycles. The minimum absolute atomic E-state index is 0.0815. The third-order valence-electron chi connectivity index (χ3n) is 4.59. The molecule has 1 aliphatic rings. The van der Waals surface area contributed by atoms with Crippen molar-refractivity contribution in [3.05, 3.63) is 66.1 Å². The second-order valence-electron chi connectivity index (χ2n) is 6.58. The number of hydrogen-bond acceptors (Lipinski definition) is 7. The van der Waals surface area contributed by atoms with Crippen molar-refractivity contribution in [1.82, 2.24) is 14.5 Å². The van der Waals surface area contributed by atoms with Crippen molar-refractivity contribution in [2.45, 2.75) is 24.3 Å². The van der Waals surface area contributed by atoms with Gasteiger partial charge in [-0.05, 0) is 43.2 Å². The quantitative estimate of drug-likeness (QED) is 0.573. The molecule has 2 aromatic carbocycles. The van der Waals surface area contributed by atoms with E-state index in [-0.39, 0.29) is 23.0 Å². The van der Waals surface area contributed by atoms with Gasteiger partial charge in [0.1, 0.15) is 0 Å². The van der Waals surface area contributed by atoms with Gasteiger partial charge in [-0.25, -0.2) is 13.2 Å². The summed E-state index contributed by atoms with van der Waals surface area (Å²) in [5.74, 6) is -0.184. The third-order valence-corrected chi connectivity index (χ3v) is 6.48. The fourth-order valence-electron chi connectivity index (χ4n) is 3.08. The van der Waals surface area contributed by atoms with Gasteiger partial charge in [-0.15, -0.1) is 10.2 Å². The number of carbonyl (C=O) groups excluding carboxylic acids is 1. The molecule has 3 aromatic rings. The Hall–Kier alpha value is -3.04. The lowest BCUT2D eigenvalue weighted by molar-refractivity contribution is 0.0438.